The van der Waals surface area contributed by atoms with Crippen LogP contribution < -0.4 is 10.9 Å². The van der Waals surface area contributed by atoms with Crippen LogP contribution in [0.5, 0.6) is 0 Å². The molecule has 0 spiro atoms. The highest BCUT2D eigenvalue weighted by atomic mass is 35.5. The number of aryl methyl sites for hydroxylation is 1. The zero-order valence-electron chi connectivity index (χ0n) is 12.2. The number of nitrogens with zero attached hydrogens (tertiary/aromatic N) is 2. The molecule has 0 atom stereocenters. The van der Waals surface area contributed by atoms with Gasteiger partial charge < -0.3 is 14.8 Å². The first-order valence-electron chi connectivity index (χ1n) is 7.03. The van der Waals surface area contributed by atoms with E-state index in [1.54, 1.807) is 30.3 Å². The number of nitrogens with one attached hydrogen (secondary N) is 1. The van der Waals surface area contributed by atoms with Crippen LogP contribution >= 0.6 is 11.6 Å². The Labute approximate surface area is 133 Å². The van der Waals surface area contributed by atoms with Crippen molar-refractivity contribution in [2.45, 2.75) is 13.0 Å². The normalized spacial score (nSPS) is 13.6. The molecule has 0 saturated heterocycles. The number of fused-ring (bicyclic) bond motifs is 1. The molecule has 1 aromatic heterocycles. The fourth-order valence-corrected chi connectivity index (χ4v) is 2.78. The molecule has 0 bridgehead atoms. The van der Waals surface area contributed by atoms with Crippen LogP contribution in [0.1, 0.15) is 11.1 Å². The Kier molecular flexibility index (Phi) is 3.90. The standard InChI is InChI=1S/C16H16ClN3O2/c1-19-7-2-3-14(15(19)21)18-16(22)20-8-6-11-4-5-13(17)9-12(11)10-20/h2-5,7,9H,6,8,10H2,1H3,(H,18,22). The van der Waals surface area contributed by atoms with Crippen LogP contribution in [0.4, 0.5) is 10.5 Å². The minimum absolute atomic E-state index is 0.226. The van der Waals surface area contributed by atoms with Gasteiger partial charge in [0.1, 0.15) is 5.69 Å². The molecule has 6 heteroatoms. The molecule has 114 valence electrons. The summed E-state index contributed by atoms with van der Waals surface area (Å²) < 4.78 is 1.43. The number of anilines is 1. The van der Waals surface area contributed by atoms with Crippen LogP contribution in [0, 0.1) is 0 Å². The van der Waals surface area contributed by atoms with E-state index >= 15 is 0 Å². The molecule has 1 N–H and O–H groups in total. The van der Waals surface area contributed by atoms with E-state index in [0.29, 0.717) is 18.1 Å². The van der Waals surface area contributed by atoms with Gasteiger partial charge in [-0.2, -0.15) is 0 Å². The molecule has 0 saturated carbocycles. The average Bonchev–Trinajstić information content (AvgIpc) is 2.51. The van der Waals surface area contributed by atoms with Gasteiger partial charge in [0, 0.05) is 31.4 Å². The summed E-state index contributed by atoms with van der Waals surface area (Å²) in [6.45, 7) is 1.11. The van der Waals surface area contributed by atoms with Crippen LogP contribution in [-0.2, 0) is 20.0 Å². The quantitative estimate of drug-likeness (QED) is 0.879. The summed E-state index contributed by atoms with van der Waals surface area (Å²) in [6, 6.07) is 8.81. The number of aromatic nitrogens is 1. The topological polar surface area (TPSA) is 54.3 Å². The molecule has 0 unspecified atom stereocenters. The van der Waals surface area contributed by atoms with E-state index in [2.05, 4.69) is 5.32 Å². The number of carbonyl (C=O) groups is 1. The lowest BCUT2D eigenvalue weighted by Gasteiger charge is -2.29. The molecule has 1 aliphatic rings. The fourth-order valence-electron chi connectivity index (χ4n) is 2.59. The van der Waals surface area contributed by atoms with Crippen molar-refractivity contribution in [1.82, 2.24) is 9.47 Å². The number of urea groups is 1. The number of benzene rings is 1. The lowest BCUT2D eigenvalue weighted by molar-refractivity contribution is 0.206. The average molecular weight is 318 g/mol. The van der Waals surface area contributed by atoms with Gasteiger partial charge >= 0.3 is 6.03 Å². The minimum atomic E-state index is -0.270. The molecule has 1 aliphatic heterocycles. The van der Waals surface area contributed by atoms with Crippen molar-refractivity contribution in [3.63, 3.8) is 0 Å². The molecule has 2 aromatic rings. The molecule has 2 heterocycles. The Bertz CT molecular complexity index is 785. The van der Waals surface area contributed by atoms with Gasteiger partial charge in [0.05, 0.1) is 0 Å². The summed E-state index contributed by atoms with van der Waals surface area (Å²) >= 11 is 6.01. The number of rotatable bonds is 1. The smallest absolute Gasteiger partial charge is 0.320 e. The van der Waals surface area contributed by atoms with E-state index < -0.39 is 0 Å². The Morgan fingerprint density at radius 2 is 2.09 bits per heavy atom. The first-order valence-corrected chi connectivity index (χ1v) is 7.41. The first kappa shape index (κ1) is 14.7. The van der Waals surface area contributed by atoms with Gasteiger partial charge in [-0.25, -0.2) is 4.79 Å². The highest BCUT2D eigenvalue weighted by molar-refractivity contribution is 6.30. The van der Waals surface area contributed by atoms with Crippen LogP contribution in [0.3, 0.4) is 0 Å². The predicted octanol–water partition coefficient (Wildman–Crippen LogP) is 2.63. The molecule has 1 aromatic carbocycles. The molecule has 22 heavy (non-hydrogen) atoms. The summed E-state index contributed by atoms with van der Waals surface area (Å²) in [6.07, 6.45) is 2.43. The van der Waals surface area contributed by atoms with E-state index in [0.717, 1.165) is 12.0 Å². The molecule has 5 nitrogen and oxygen atoms in total. The maximum Gasteiger partial charge on any atom is 0.322 e. The van der Waals surface area contributed by atoms with Gasteiger partial charge in [-0.3, -0.25) is 4.79 Å². The first-order chi connectivity index (χ1) is 10.5. The summed E-state index contributed by atoms with van der Waals surface area (Å²) in [5.74, 6) is 0. The molecular weight excluding hydrogens is 302 g/mol. The number of hydrogen-bond acceptors (Lipinski definition) is 2. The van der Waals surface area contributed by atoms with Gasteiger partial charge in [-0.05, 0) is 41.8 Å². The molecule has 3 rings (SSSR count). The van der Waals surface area contributed by atoms with Gasteiger partial charge in [-0.1, -0.05) is 17.7 Å². The monoisotopic (exact) mass is 317 g/mol. The molecular formula is C16H16ClN3O2. The Balaban J connectivity index is 1.77. The lowest BCUT2D eigenvalue weighted by atomic mass is 10.0. The summed E-state index contributed by atoms with van der Waals surface area (Å²) in [4.78, 5) is 26.0. The van der Waals surface area contributed by atoms with Gasteiger partial charge in [0.2, 0.25) is 0 Å². The Hall–Kier alpha value is -2.27. The van der Waals surface area contributed by atoms with E-state index in [9.17, 15) is 9.59 Å². The third-order valence-electron chi connectivity index (χ3n) is 3.83. The van der Waals surface area contributed by atoms with Crippen LogP contribution in [0.15, 0.2) is 41.3 Å². The zero-order chi connectivity index (χ0) is 15.7. The van der Waals surface area contributed by atoms with Gasteiger partial charge in [0.25, 0.3) is 5.56 Å². The zero-order valence-corrected chi connectivity index (χ0v) is 12.9. The second-order valence-electron chi connectivity index (χ2n) is 5.35. The second-order valence-corrected chi connectivity index (χ2v) is 5.79. The number of hydrogen-bond donors (Lipinski definition) is 1. The lowest BCUT2D eigenvalue weighted by Crippen LogP contribution is -2.40. The third-order valence-corrected chi connectivity index (χ3v) is 4.07. The van der Waals surface area contributed by atoms with Gasteiger partial charge in [-0.15, -0.1) is 0 Å². The second kappa shape index (κ2) is 5.85. The molecule has 2 amide bonds. The number of pyridine rings is 1. The largest absolute Gasteiger partial charge is 0.322 e. The number of carbonyl (C=O) groups excluding carboxylic acids is 1. The van der Waals surface area contributed by atoms with Gasteiger partial charge in [0.15, 0.2) is 0 Å². The van der Waals surface area contributed by atoms with E-state index in [-0.39, 0.29) is 17.3 Å². The van der Waals surface area contributed by atoms with Crippen LogP contribution in [0.25, 0.3) is 0 Å². The molecule has 0 fully saturated rings. The third kappa shape index (κ3) is 2.85. The predicted molar refractivity (Wildman–Crippen MR) is 86.3 cm³/mol. The minimum Gasteiger partial charge on any atom is -0.320 e. The van der Waals surface area contributed by atoms with Crippen molar-refractivity contribution in [2.24, 2.45) is 7.05 Å². The van der Waals surface area contributed by atoms with E-state index in [1.165, 1.54) is 10.1 Å². The maximum atomic E-state index is 12.4. The van der Waals surface area contributed by atoms with Crippen molar-refractivity contribution in [2.75, 3.05) is 11.9 Å². The van der Waals surface area contributed by atoms with Crippen LogP contribution in [0.2, 0.25) is 5.02 Å². The van der Waals surface area contributed by atoms with Crippen molar-refractivity contribution in [1.29, 1.82) is 0 Å². The van der Waals surface area contributed by atoms with Crippen molar-refractivity contribution >= 4 is 23.3 Å². The van der Waals surface area contributed by atoms with E-state index in [1.807, 2.05) is 18.2 Å². The van der Waals surface area contributed by atoms with Crippen molar-refractivity contribution < 1.29 is 4.79 Å². The number of amides is 2. The summed E-state index contributed by atoms with van der Waals surface area (Å²) in [5.41, 5.74) is 2.32. The Morgan fingerprint density at radius 1 is 1.27 bits per heavy atom. The Morgan fingerprint density at radius 3 is 2.91 bits per heavy atom. The molecule has 0 radical (unpaired) electrons. The highest BCUT2D eigenvalue weighted by Crippen LogP contribution is 2.23. The number of halogens is 1. The molecule has 0 aliphatic carbocycles. The van der Waals surface area contributed by atoms with Crippen molar-refractivity contribution in [3.8, 4) is 0 Å². The summed E-state index contributed by atoms with van der Waals surface area (Å²) in [5, 5.41) is 3.35. The maximum absolute atomic E-state index is 12.4. The summed E-state index contributed by atoms with van der Waals surface area (Å²) in [7, 11) is 1.65. The fraction of sp³-hybridized carbons (Fsp3) is 0.250. The van der Waals surface area contributed by atoms with Crippen molar-refractivity contribution in [3.05, 3.63) is 63.0 Å². The van der Waals surface area contributed by atoms with E-state index in [4.69, 9.17) is 11.6 Å². The van der Waals surface area contributed by atoms with Crippen LogP contribution in [-0.4, -0.2) is 22.0 Å². The highest BCUT2D eigenvalue weighted by Gasteiger charge is 2.21. The SMILES string of the molecule is Cn1cccc(NC(=O)N2CCc3ccc(Cl)cc3C2)c1=O.